The van der Waals surface area contributed by atoms with E-state index in [9.17, 15) is 0 Å². The predicted octanol–water partition coefficient (Wildman–Crippen LogP) is 12.8. The van der Waals surface area contributed by atoms with E-state index in [2.05, 4.69) is 149 Å². The van der Waals surface area contributed by atoms with Gasteiger partial charge in [-0.1, -0.05) is 125 Å². The molecule has 0 aliphatic heterocycles. The molecule has 0 atom stereocenters. The second-order valence-corrected chi connectivity index (χ2v) is 32.0. The van der Waals surface area contributed by atoms with E-state index in [-0.39, 0.29) is 31.7 Å². The summed E-state index contributed by atoms with van der Waals surface area (Å²) >= 11 is 3.35. The molecule has 6 heteroatoms. The van der Waals surface area contributed by atoms with Gasteiger partial charge in [-0.05, 0) is 32.5 Å². The van der Waals surface area contributed by atoms with E-state index in [1.807, 2.05) is 0 Å². The topological polar surface area (TPSA) is 0 Å². The molecule has 0 fully saturated rings. The van der Waals surface area contributed by atoms with Gasteiger partial charge in [-0.25, -0.2) is 0 Å². The normalized spacial score (nSPS) is 14.3. The summed E-state index contributed by atoms with van der Waals surface area (Å²) in [5.41, 5.74) is 2.90. The van der Waals surface area contributed by atoms with Crippen LogP contribution in [0.1, 0.15) is 125 Å². The van der Waals surface area contributed by atoms with Crippen LogP contribution < -0.4 is 0 Å². The first kappa shape index (κ1) is 46.6. The Kier molecular flexibility index (Phi) is 22.3. The molecule has 42 heavy (non-hydrogen) atoms. The molecule has 0 rings (SSSR count). The van der Waals surface area contributed by atoms with E-state index < -0.39 is 0 Å². The molecular weight excluding hydrogens is 650 g/mol. The minimum atomic E-state index is -0.302. The molecule has 259 valence electrons. The average Bonchev–Trinajstić information content (AvgIpc) is 2.67. The Morgan fingerprint density at radius 3 is 0.524 bits per heavy atom. The average molecular weight is 733 g/mol. The van der Waals surface area contributed by atoms with Crippen LogP contribution in [0.3, 0.4) is 0 Å². The molecule has 0 aromatic rings. The van der Waals surface area contributed by atoms with Crippen molar-refractivity contribution in [2.45, 2.75) is 125 Å². The van der Waals surface area contributed by atoms with Crippen LogP contribution in [-0.2, 0) is 14.6 Å². The van der Waals surface area contributed by atoms with E-state index in [4.69, 9.17) is 0 Å². The van der Waals surface area contributed by atoms with Crippen molar-refractivity contribution in [2.75, 3.05) is 73.9 Å². The maximum atomic E-state index is 4.26. The molecule has 0 N–H and O–H groups in total. The Morgan fingerprint density at radius 1 is 0.286 bits per heavy atom. The Bertz CT molecular complexity index is 541. The Labute approximate surface area is 286 Å². The number of hydrogen-bond acceptors (Lipinski definition) is 0. The second kappa shape index (κ2) is 20.1. The van der Waals surface area contributed by atoms with E-state index in [1.165, 1.54) is 37.0 Å². The van der Waals surface area contributed by atoms with Gasteiger partial charge in [0.1, 0.15) is 0 Å². The summed E-state index contributed by atoms with van der Waals surface area (Å²) in [4.78, 5) is 0. The van der Waals surface area contributed by atoms with Crippen molar-refractivity contribution < 1.29 is 14.6 Å². The van der Waals surface area contributed by atoms with E-state index in [0.717, 1.165) is 0 Å². The van der Waals surface area contributed by atoms with Gasteiger partial charge in [0.05, 0.1) is 73.9 Å². The third-order valence-corrected chi connectivity index (χ3v) is 23.8. The fourth-order valence-electron chi connectivity index (χ4n) is 6.65. The molecular formula is C36H82ClNiP4+4. The van der Waals surface area contributed by atoms with Crippen molar-refractivity contribution in [3.63, 3.8) is 0 Å². The van der Waals surface area contributed by atoms with Gasteiger partial charge in [0.25, 0.3) is 0 Å². The minimum absolute atomic E-state index is 0.282. The van der Waals surface area contributed by atoms with Gasteiger partial charge < -0.3 is 0 Å². The fraction of sp³-hybridized carbons (Fsp3) is 1.00. The van der Waals surface area contributed by atoms with Crippen molar-refractivity contribution in [1.29, 1.82) is 0 Å². The van der Waals surface area contributed by atoms with Crippen LogP contribution in [0.2, 0.25) is 0 Å². The molecule has 0 unspecified atom stereocenters. The molecule has 0 bridgehead atoms. The van der Waals surface area contributed by atoms with Crippen molar-refractivity contribution in [3.8, 4) is 0 Å². The molecule has 0 aromatic heterocycles. The van der Waals surface area contributed by atoms with Crippen molar-refractivity contribution in [2.24, 2.45) is 32.5 Å². The maximum absolute atomic E-state index is 4.26. The molecule has 0 radical (unpaired) electrons. The van der Waals surface area contributed by atoms with Gasteiger partial charge in [0.15, 0.2) is 0 Å². The zero-order valence-electron chi connectivity index (χ0n) is 32.2. The molecule has 0 saturated carbocycles. The summed E-state index contributed by atoms with van der Waals surface area (Å²) in [7, 11) is 3.08. The first-order chi connectivity index (χ1) is 18.5. The van der Waals surface area contributed by atoms with Crippen LogP contribution in [0.4, 0.5) is 0 Å². The molecule has 0 saturated heterocycles. The Morgan fingerprint density at radius 2 is 0.405 bits per heavy atom. The van der Waals surface area contributed by atoms with E-state index >= 15 is 0 Å². The standard InChI is InChI=1S/C36H78P4.ClH.Ni/c1-31(2,3)25-38(26-32(4,5)6)22-19-37(20-23-39(27-33(7,8)9)28-34(10,11)12)21-24-40(29-35(13,14)15)30-36(16,17)18;;/h19-30H2,1-18H3;1H;/q;;+1/p+3. The van der Waals surface area contributed by atoms with Crippen molar-refractivity contribution in [1.82, 2.24) is 0 Å². The third kappa shape index (κ3) is 32.4. The van der Waals surface area contributed by atoms with Crippen LogP contribution >= 0.6 is 41.9 Å². The SMILES string of the molecule is CC(C)(C)C[PH+](CC[PH+](CC[PH+](CC(C)(C)C)CC(C)(C)C)CC[PH+](CC(C)(C)C)CC(C)(C)C)CC(C)(C)C.[Cl][Ni]. The van der Waals surface area contributed by atoms with E-state index in [0.29, 0.717) is 32.5 Å². The summed E-state index contributed by atoms with van der Waals surface area (Å²) in [5.74, 6) is 0. The van der Waals surface area contributed by atoms with Crippen molar-refractivity contribution in [3.05, 3.63) is 0 Å². The van der Waals surface area contributed by atoms with Crippen molar-refractivity contribution >= 4 is 41.9 Å². The number of rotatable bonds is 15. The molecule has 0 amide bonds. The molecule has 0 aliphatic rings. The quantitative estimate of drug-likeness (QED) is 0.116. The zero-order chi connectivity index (χ0) is 33.8. The summed E-state index contributed by atoms with van der Waals surface area (Å²) < 4.78 is 0. The van der Waals surface area contributed by atoms with E-state index in [1.54, 1.807) is 37.0 Å². The van der Waals surface area contributed by atoms with Gasteiger partial charge in [0, 0.05) is 31.7 Å². The molecule has 0 heterocycles. The van der Waals surface area contributed by atoms with Gasteiger partial charge >= 0.3 is 24.8 Å². The van der Waals surface area contributed by atoms with Crippen LogP contribution in [0, 0.1) is 32.5 Å². The molecule has 0 aromatic carbocycles. The first-order valence-electron chi connectivity index (χ1n) is 17.0. The summed E-state index contributed by atoms with van der Waals surface area (Å²) in [6.07, 6.45) is 18.6. The summed E-state index contributed by atoms with van der Waals surface area (Å²) in [5, 5.41) is 0. The van der Waals surface area contributed by atoms with Gasteiger partial charge in [-0.3, -0.25) is 0 Å². The van der Waals surface area contributed by atoms with Gasteiger partial charge in [-0.15, -0.1) is 0 Å². The molecule has 0 nitrogen and oxygen atoms in total. The molecule has 0 aliphatic carbocycles. The van der Waals surface area contributed by atoms with Crippen LogP contribution in [0.15, 0.2) is 0 Å². The fourth-order valence-corrected chi connectivity index (χ4v) is 26.3. The number of halogens is 1. The van der Waals surface area contributed by atoms with Gasteiger partial charge in [-0.2, -0.15) is 0 Å². The second-order valence-electron chi connectivity index (χ2n) is 20.9. The third-order valence-electron chi connectivity index (χ3n) is 7.18. The van der Waals surface area contributed by atoms with Crippen LogP contribution in [0.25, 0.3) is 0 Å². The summed E-state index contributed by atoms with van der Waals surface area (Å²) in [6.45, 7) is 44.9. The predicted molar refractivity (Wildman–Crippen MR) is 214 cm³/mol. The number of hydrogen-bond donors (Lipinski definition) is 0. The first-order valence-corrected chi connectivity index (χ1v) is 26.8. The van der Waals surface area contributed by atoms with Gasteiger partial charge in [0.2, 0.25) is 0 Å². The summed E-state index contributed by atoms with van der Waals surface area (Å²) in [6, 6.07) is 0. The zero-order valence-corrected chi connectivity index (χ0v) is 37.9. The molecule has 0 spiro atoms. The Hall–Kier alpha value is 2.50. The Balaban J connectivity index is 0. The monoisotopic (exact) mass is 731 g/mol. The van der Waals surface area contributed by atoms with Crippen LogP contribution in [0.5, 0.6) is 0 Å². The van der Waals surface area contributed by atoms with Crippen LogP contribution in [-0.4, -0.2) is 73.9 Å².